The number of aromatic nitrogens is 1. The maximum atomic E-state index is 13.1. The normalized spacial score (nSPS) is 18.6. The average molecular weight is 288 g/mol. The fourth-order valence-electron chi connectivity index (χ4n) is 2.06. The maximum Gasteiger partial charge on any atom is 0.244 e. The van der Waals surface area contributed by atoms with E-state index >= 15 is 0 Å². The minimum absolute atomic E-state index is 0.0974. The van der Waals surface area contributed by atoms with E-state index in [1.165, 1.54) is 10.5 Å². The molecule has 0 unspecified atom stereocenters. The number of pyridine rings is 1. The summed E-state index contributed by atoms with van der Waals surface area (Å²) in [5.74, 6) is -0.650. The number of halogens is 1. The first kappa shape index (κ1) is 14.3. The Kier molecular flexibility index (Phi) is 4.46. The number of piperazine rings is 1. The Morgan fingerprint density at radius 3 is 2.53 bits per heavy atom. The molecule has 2 N–H and O–H groups in total. The third-order valence-corrected chi connectivity index (χ3v) is 4.96. The van der Waals surface area contributed by atoms with E-state index in [1.807, 2.05) is 0 Å². The fourth-order valence-corrected chi connectivity index (χ4v) is 3.46. The van der Waals surface area contributed by atoms with Gasteiger partial charge in [0.1, 0.15) is 10.7 Å². The third-order valence-electron chi connectivity index (χ3n) is 3.09. The smallest absolute Gasteiger partial charge is 0.244 e. The number of hydrogen-bond acceptors (Lipinski definition) is 5. The first-order valence-corrected chi connectivity index (χ1v) is 7.51. The highest BCUT2D eigenvalue weighted by molar-refractivity contribution is 7.89. The van der Waals surface area contributed by atoms with Crippen molar-refractivity contribution in [2.24, 2.45) is 5.73 Å². The molecule has 0 atom stereocenters. The molecule has 0 aliphatic carbocycles. The number of rotatable bonds is 4. The van der Waals surface area contributed by atoms with Crippen LogP contribution in [0, 0.1) is 5.82 Å². The summed E-state index contributed by atoms with van der Waals surface area (Å²) in [6.45, 7) is 3.37. The van der Waals surface area contributed by atoms with Crippen molar-refractivity contribution in [3.63, 3.8) is 0 Å². The van der Waals surface area contributed by atoms with Gasteiger partial charge in [-0.05, 0) is 6.07 Å². The largest absolute Gasteiger partial charge is 0.329 e. The minimum atomic E-state index is -3.65. The van der Waals surface area contributed by atoms with E-state index in [9.17, 15) is 12.8 Å². The van der Waals surface area contributed by atoms with Crippen molar-refractivity contribution in [3.05, 3.63) is 24.3 Å². The van der Waals surface area contributed by atoms with Crippen molar-refractivity contribution in [3.8, 4) is 0 Å². The zero-order valence-electron chi connectivity index (χ0n) is 10.5. The molecular weight excluding hydrogens is 271 g/mol. The van der Waals surface area contributed by atoms with Gasteiger partial charge in [0.05, 0.1) is 6.20 Å². The van der Waals surface area contributed by atoms with Gasteiger partial charge in [0, 0.05) is 45.5 Å². The summed E-state index contributed by atoms with van der Waals surface area (Å²) >= 11 is 0. The molecule has 1 aliphatic rings. The van der Waals surface area contributed by atoms with Gasteiger partial charge in [-0.15, -0.1) is 0 Å². The van der Waals surface area contributed by atoms with Crippen LogP contribution in [0.3, 0.4) is 0 Å². The van der Waals surface area contributed by atoms with Crippen LogP contribution in [0.25, 0.3) is 0 Å². The van der Waals surface area contributed by atoms with E-state index < -0.39 is 15.8 Å². The Morgan fingerprint density at radius 1 is 1.26 bits per heavy atom. The Labute approximate surface area is 112 Å². The van der Waals surface area contributed by atoms with Gasteiger partial charge in [-0.3, -0.25) is 9.88 Å². The van der Waals surface area contributed by atoms with Gasteiger partial charge in [-0.1, -0.05) is 0 Å². The van der Waals surface area contributed by atoms with Gasteiger partial charge in [0.15, 0.2) is 0 Å². The molecule has 0 bridgehead atoms. The van der Waals surface area contributed by atoms with E-state index in [0.29, 0.717) is 32.7 Å². The van der Waals surface area contributed by atoms with Crippen molar-refractivity contribution >= 4 is 10.0 Å². The summed E-state index contributed by atoms with van der Waals surface area (Å²) in [4.78, 5) is 5.59. The van der Waals surface area contributed by atoms with Crippen LogP contribution in [0.4, 0.5) is 4.39 Å². The second-order valence-electron chi connectivity index (χ2n) is 4.37. The first-order valence-electron chi connectivity index (χ1n) is 6.07. The SMILES string of the molecule is NCCN1CCN(S(=O)(=O)c2cncc(F)c2)CC1. The van der Waals surface area contributed by atoms with Crippen LogP contribution in [-0.4, -0.2) is 61.9 Å². The van der Waals surface area contributed by atoms with E-state index in [-0.39, 0.29) is 4.90 Å². The lowest BCUT2D eigenvalue weighted by Crippen LogP contribution is -2.49. The first-order chi connectivity index (χ1) is 9.04. The molecule has 6 nitrogen and oxygen atoms in total. The van der Waals surface area contributed by atoms with Crippen LogP contribution in [0.5, 0.6) is 0 Å². The summed E-state index contributed by atoms with van der Waals surface area (Å²) < 4.78 is 39.0. The molecule has 2 heterocycles. The maximum absolute atomic E-state index is 13.1. The molecule has 106 valence electrons. The van der Waals surface area contributed by atoms with Crippen LogP contribution >= 0.6 is 0 Å². The second-order valence-corrected chi connectivity index (χ2v) is 6.31. The second kappa shape index (κ2) is 5.91. The highest BCUT2D eigenvalue weighted by Gasteiger charge is 2.28. The van der Waals surface area contributed by atoms with E-state index in [2.05, 4.69) is 9.88 Å². The van der Waals surface area contributed by atoms with Crippen molar-refractivity contribution in [1.29, 1.82) is 0 Å². The lowest BCUT2D eigenvalue weighted by atomic mass is 10.3. The standard InChI is InChI=1S/C11H17FN4O2S/c12-10-7-11(9-14-8-10)19(17,18)16-5-3-15(2-1-13)4-6-16/h7-9H,1-6,13H2. The summed E-state index contributed by atoms with van der Waals surface area (Å²) in [5.41, 5.74) is 5.46. The van der Waals surface area contributed by atoms with Gasteiger partial charge in [-0.2, -0.15) is 4.31 Å². The molecule has 1 aromatic rings. The molecule has 0 spiro atoms. The van der Waals surface area contributed by atoms with Crippen molar-refractivity contribution < 1.29 is 12.8 Å². The molecule has 19 heavy (non-hydrogen) atoms. The minimum Gasteiger partial charge on any atom is -0.329 e. The third kappa shape index (κ3) is 3.27. The monoisotopic (exact) mass is 288 g/mol. The molecule has 2 rings (SSSR count). The van der Waals surface area contributed by atoms with Gasteiger partial charge < -0.3 is 5.73 Å². The molecule has 0 amide bonds. The number of nitrogens with zero attached hydrogens (tertiary/aromatic N) is 3. The molecule has 0 aromatic carbocycles. The molecular formula is C11H17FN4O2S. The fraction of sp³-hybridized carbons (Fsp3) is 0.545. The predicted molar refractivity (Wildman–Crippen MR) is 68.4 cm³/mol. The zero-order valence-corrected chi connectivity index (χ0v) is 11.3. The zero-order chi connectivity index (χ0) is 13.9. The van der Waals surface area contributed by atoms with E-state index in [4.69, 9.17) is 5.73 Å². The van der Waals surface area contributed by atoms with Gasteiger partial charge in [0.2, 0.25) is 10.0 Å². The van der Waals surface area contributed by atoms with Crippen LogP contribution in [0.1, 0.15) is 0 Å². The molecule has 8 heteroatoms. The van der Waals surface area contributed by atoms with Gasteiger partial charge in [0.25, 0.3) is 0 Å². The molecule has 1 fully saturated rings. The lowest BCUT2D eigenvalue weighted by Gasteiger charge is -2.33. The molecule has 1 aromatic heterocycles. The predicted octanol–water partition coefficient (Wildman–Crippen LogP) is -0.514. The van der Waals surface area contributed by atoms with Crippen molar-refractivity contribution in [1.82, 2.24) is 14.2 Å². The highest BCUT2D eigenvalue weighted by Crippen LogP contribution is 2.17. The molecule has 1 saturated heterocycles. The Bertz CT molecular complexity index is 529. The topological polar surface area (TPSA) is 79.5 Å². The van der Waals surface area contributed by atoms with Crippen LogP contribution < -0.4 is 5.73 Å². The summed E-state index contributed by atoms with van der Waals surface area (Å²) in [5, 5.41) is 0. The number of sulfonamides is 1. The van der Waals surface area contributed by atoms with E-state index in [1.54, 1.807) is 0 Å². The summed E-state index contributed by atoms with van der Waals surface area (Å²) in [6, 6.07) is 0.995. The Hall–Kier alpha value is -1.09. The number of nitrogens with two attached hydrogens (primary N) is 1. The quantitative estimate of drug-likeness (QED) is 0.807. The van der Waals surface area contributed by atoms with Crippen LogP contribution in [0.2, 0.25) is 0 Å². The lowest BCUT2D eigenvalue weighted by molar-refractivity contribution is 0.192. The van der Waals surface area contributed by atoms with Crippen molar-refractivity contribution in [2.45, 2.75) is 4.90 Å². The molecule has 0 saturated carbocycles. The van der Waals surface area contributed by atoms with Gasteiger partial charge in [-0.25, -0.2) is 12.8 Å². The number of hydrogen-bond donors (Lipinski definition) is 1. The summed E-state index contributed by atoms with van der Waals surface area (Å²) in [6.07, 6.45) is 2.16. The Balaban J connectivity index is 2.10. The van der Waals surface area contributed by atoms with Crippen LogP contribution in [0.15, 0.2) is 23.4 Å². The summed E-state index contributed by atoms with van der Waals surface area (Å²) in [7, 11) is -3.65. The van der Waals surface area contributed by atoms with Gasteiger partial charge >= 0.3 is 0 Å². The van der Waals surface area contributed by atoms with Crippen molar-refractivity contribution in [2.75, 3.05) is 39.3 Å². The van der Waals surface area contributed by atoms with E-state index in [0.717, 1.165) is 18.8 Å². The Morgan fingerprint density at radius 2 is 1.95 bits per heavy atom. The highest BCUT2D eigenvalue weighted by atomic mass is 32.2. The average Bonchev–Trinajstić information content (AvgIpc) is 2.40. The molecule has 0 radical (unpaired) electrons. The molecule has 1 aliphatic heterocycles. The van der Waals surface area contributed by atoms with Crippen LogP contribution in [-0.2, 0) is 10.0 Å².